The van der Waals surface area contributed by atoms with Gasteiger partial charge >= 0.3 is 0 Å². The van der Waals surface area contributed by atoms with E-state index in [0.717, 1.165) is 5.56 Å². The molecule has 0 bridgehead atoms. The third kappa shape index (κ3) is 6.37. The molecule has 4 N–H and O–H groups in total. The molecule has 0 amide bonds. The van der Waals surface area contributed by atoms with Crippen molar-refractivity contribution in [1.29, 1.82) is 0 Å². The highest BCUT2D eigenvalue weighted by Crippen LogP contribution is 2.23. The second-order valence-corrected chi connectivity index (χ2v) is 7.75. The van der Waals surface area contributed by atoms with Crippen LogP contribution in [0.3, 0.4) is 0 Å². The minimum Gasteiger partial charge on any atom is -0.409 e. The predicted molar refractivity (Wildman–Crippen MR) is 88.4 cm³/mol. The van der Waals surface area contributed by atoms with Crippen LogP contribution in [0.2, 0.25) is 0 Å². The predicted octanol–water partition coefficient (Wildman–Crippen LogP) is 2.74. The summed E-state index contributed by atoms with van der Waals surface area (Å²) >= 11 is 1.53. The van der Waals surface area contributed by atoms with E-state index in [-0.39, 0.29) is 10.6 Å². The van der Waals surface area contributed by atoms with Gasteiger partial charge in [0.15, 0.2) is 5.84 Å². The summed E-state index contributed by atoms with van der Waals surface area (Å²) in [5, 5.41) is 12.1. The smallest absolute Gasteiger partial charge is 0.162 e. The average Bonchev–Trinajstić information content (AvgIpc) is 2.44. The monoisotopic (exact) mass is 311 g/mol. The molecule has 0 aliphatic heterocycles. The van der Waals surface area contributed by atoms with Crippen LogP contribution >= 0.6 is 11.9 Å². The number of nitrogens with one attached hydrogen (secondary N) is 1. The molecule has 0 aliphatic rings. The zero-order valence-electron chi connectivity index (χ0n) is 13.1. The first-order valence-electron chi connectivity index (χ1n) is 6.82. The first-order chi connectivity index (χ1) is 9.77. The molecule has 118 valence electrons. The number of ether oxygens (including phenoxy) is 1. The molecule has 1 aromatic carbocycles. The van der Waals surface area contributed by atoms with E-state index < -0.39 is 5.54 Å². The Bertz CT molecular complexity index is 460. The number of hydrogen-bond donors (Lipinski definition) is 3. The van der Waals surface area contributed by atoms with Gasteiger partial charge in [-0.2, -0.15) is 0 Å². The van der Waals surface area contributed by atoms with E-state index in [1.807, 2.05) is 37.3 Å². The molecule has 0 saturated carbocycles. The Morgan fingerprint density at radius 3 is 2.43 bits per heavy atom. The summed E-state index contributed by atoms with van der Waals surface area (Å²) < 4.78 is 8.98. The zero-order chi connectivity index (χ0) is 15.9. The second kappa shape index (κ2) is 7.68. The quantitative estimate of drug-likeness (QED) is 0.237. The van der Waals surface area contributed by atoms with Gasteiger partial charge in [-0.3, -0.25) is 0 Å². The van der Waals surface area contributed by atoms with Crippen molar-refractivity contribution < 1.29 is 9.94 Å². The van der Waals surface area contributed by atoms with Gasteiger partial charge in [0.05, 0.1) is 13.2 Å². The van der Waals surface area contributed by atoms with Crippen molar-refractivity contribution in [3.63, 3.8) is 0 Å². The largest absolute Gasteiger partial charge is 0.409 e. The van der Waals surface area contributed by atoms with Gasteiger partial charge in [0.1, 0.15) is 5.54 Å². The zero-order valence-corrected chi connectivity index (χ0v) is 13.9. The molecule has 1 unspecified atom stereocenters. The van der Waals surface area contributed by atoms with Gasteiger partial charge in [-0.1, -0.05) is 47.4 Å². The summed E-state index contributed by atoms with van der Waals surface area (Å²) in [7, 11) is 0. The van der Waals surface area contributed by atoms with Crippen LogP contribution in [0.1, 0.15) is 33.3 Å². The molecule has 0 saturated heterocycles. The summed E-state index contributed by atoms with van der Waals surface area (Å²) in [6.07, 6.45) is 0. The molecule has 6 heteroatoms. The Morgan fingerprint density at radius 1 is 1.29 bits per heavy atom. The van der Waals surface area contributed by atoms with Crippen LogP contribution in [-0.2, 0) is 11.3 Å². The SMILES string of the molecule is CC(C)(C)SNC(C)(COCc1ccccc1)/C(N)=N/O. The Kier molecular flexibility index (Phi) is 6.51. The lowest BCUT2D eigenvalue weighted by Crippen LogP contribution is -2.54. The summed E-state index contributed by atoms with van der Waals surface area (Å²) in [6, 6.07) is 9.89. The van der Waals surface area contributed by atoms with Crippen molar-refractivity contribution >= 4 is 17.8 Å². The Hall–Kier alpha value is -1.24. The molecule has 21 heavy (non-hydrogen) atoms. The summed E-state index contributed by atoms with van der Waals surface area (Å²) in [4.78, 5) is 0. The van der Waals surface area contributed by atoms with Crippen LogP contribution < -0.4 is 10.5 Å². The maximum absolute atomic E-state index is 8.97. The fraction of sp³-hybridized carbons (Fsp3) is 0.533. The van der Waals surface area contributed by atoms with Gasteiger partial charge in [-0.15, -0.1) is 0 Å². The highest BCUT2D eigenvalue weighted by molar-refractivity contribution is 7.98. The first kappa shape index (κ1) is 17.8. The molecular formula is C15H25N3O2S. The molecule has 5 nitrogen and oxygen atoms in total. The van der Waals surface area contributed by atoms with Crippen molar-refractivity contribution in [2.24, 2.45) is 10.9 Å². The van der Waals surface area contributed by atoms with E-state index >= 15 is 0 Å². The number of nitrogens with zero attached hydrogens (tertiary/aromatic N) is 1. The number of rotatable bonds is 7. The Labute approximate surface area is 131 Å². The standard InChI is InChI=1S/C15H25N3O2S/c1-14(2,3)21-18-15(4,13(16)17-19)11-20-10-12-8-6-5-7-9-12/h5-9,18-19H,10-11H2,1-4H3,(H2,16,17). The van der Waals surface area contributed by atoms with E-state index in [9.17, 15) is 0 Å². The fourth-order valence-electron chi connectivity index (χ4n) is 1.48. The van der Waals surface area contributed by atoms with Crippen molar-refractivity contribution in [2.75, 3.05) is 6.61 Å². The van der Waals surface area contributed by atoms with Crippen LogP contribution in [0.15, 0.2) is 35.5 Å². The van der Waals surface area contributed by atoms with Crippen LogP contribution in [0.25, 0.3) is 0 Å². The van der Waals surface area contributed by atoms with Crippen LogP contribution in [0.5, 0.6) is 0 Å². The van der Waals surface area contributed by atoms with E-state index in [4.69, 9.17) is 15.7 Å². The molecule has 0 fully saturated rings. The topological polar surface area (TPSA) is 79.9 Å². The maximum atomic E-state index is 8.97. The van der Waals surface area contributed by atoms with Crippen molar-refractivity contribution in [2.45, 2.75) is 44.6 Å². The maximum Gasteiger partial charge on any atom is 0.162 e. The molecule has 1 rings (SSSR count). The summed E-state index contributed by atoms with van der Waals surface area (Å²) in [5.74, 6) is 0.104. The lowest BCUT2D eigenvalue weighted by Gasteiger charge is -2.32. The van der Waals surface area contributed by atoms with Crippen molar-refractivity contribution in [3.05, 3.63) is 35.9 Å². The van der Waals surface area contributed by atoms with Crippen molar-refractivity contribution in [3.8, 4) is 0 Å². The van der Waals surface area contributed by atoms with Gasteiger partial charge in [0.2, 0.25) is 0 Å². The second-order valence-electron chi connectivity index (χ2n) is 6.11. The van der Waals surface area contributed by atoms with Crippen molar-refractivity contribution in [1.82, 2.24) is 4.72 Å². The minimum atomic E-state index is -0.735. The number of amidine groups is 1. The van der Waals surface area contributed by atoms with Gasteiger partial charge in [0.25, 0.3) is 0 Å². The number of oxime groups is 1. The van der Waals surface area contributed by atoms with Crippen LogP contribution in [0, 0.1) is 0 Å². The van der Waals surface area contributed by atoms with E-state index in [1.54, 1.807) is 0 Å². The van der Waals surface area contributed by atoms with E-state index in [0.29, 0.717) is 13.2 Å². The van der Waals surface area contributed by atoms with Gasteiger partial charge in [-0.25, -0.2) is 4.72 Å². The molecule has 0 spiro atoms. The first-order valence-corrected chi connectivity index (χ1v) is 7.63. The normalized spacial score (nSPS) is 15.7. The molecule has 1 atom stereocenters. The van der Waals surface area contributed by atoms with Crippen LogP contribution in [0.4, 0.5) is 0 Å². The third-order valence-corrected chi connectivity index (χ3v) is 3.92. The molecule has 1 aromatic rings. The molecule has 0 aliphatic carbocycles. The third-order valence-electron chi connectivity index (χ3n) is 2.76. The fourth-order valence-corrected chi connectivity index (χ4v) is 2.17. The van der Waals surface area contributed by atoms with Gasteiger partial charge in [-0.05, 0) is 33.3 Å². The minimum absolute atomic E-state index is 0.0103. The molecular weight excluding hydrogens is 286 g/mol. The number of nitrogens with two attached hydrogens (primary N) is 1. The summed E-state index contributed by atoms with van der Waals surface area (Å²) in [6.45, 7) is 8.90. The molecule has 0 radical (unpaired) electrons. The Balaban J connectivity index is 2.61. The lowest BCUT2D eigenvalue weighted by molar-refractivity contribution is 0.0931. The van der Waals surface area contributed by atoms with Gasteiger partial charge < -0.3 is 15.7 Å². The van der Waals surface area contributed by atoms with E-state index in [2.05, 4.69) is 30.6 Å². The summed E-state index contributed by atoms with van der Waals surface area (Å²) in [5.41, 5.74) is 6.16. The van der Waals surface area contributed by atoms with E-state index in [1.165, 1.54) is 11.9 Å². The van der Waals surface area contributed by atoms with Gasteiger partial charge in [0, 0.05) is 4.75 Å². The number of hydrogen-bond acceptors (Lipinski definition) is 5. The highest BCUT2D eigenvalue weighted by Gasteiger charge is 2.32. The molecule has 0 heterocycles. The molecule has 0 aromatic heterocycles. The average molecular weight is 311 g/mol. The Morgan fingerprint density at radius 2 is 1.90 bits per heavy atom. The lowest BCUT2D eigenvalue weighted by atomic mass is 10.0. The number of benzene rings is 1. The van der Waals surface area contributed by atoms with Crippen LogP contribution in [-0.4, -0.2) is 27.9 Å². The highest BCUT2D eigenvalue weighted by atomic mass is 32.2.